The Labute approximate surface area is 125 Å². The maximum Gasteiger partial charge on any atom is 0.242 e. The Bertz CT molecular complexity index is 637. The fourth-order valence-electron chi connectivity index (χ4n) is 2.48. The molecule has 1 aromatic carbocycles. The van der Waals surface area contributed by atoms with E-state index in [0.29, 0.717) is 12.2 Å². The van der Waals surface area contributed by atoms with Gasteiger partial charge in [-0.25, -0.2) is 0 Å². The number of nitrogens with zero attached hydrogens (tertiary/aromatic N) is 3. The summed E-state index contributed by atoms with van der Waals surface area (Å²) >= 11 is 0. The van der Waals surface area contributed by atoms with Crippen LogP contribution in [-0.4, -0.2) is 42.5 Å². The highest BCUT2D eigenvalue weighted by molar-refractivity contribution is 5.99. The molecule has 0 fully saturated rings. The van der Waals surface area contributed by atoms with Gasteiger partial charge in [0.2, 0.25) is 5.91 Å². The summed E-state index contributed by atoms with van der Waals surface area (Å²) in [6.45, 7) is 5.74. The molecule has 5 nitrogen and oxygen atoms in total. The summed E-state index contributed by atoms with van der Waals surface area (Å²) in [4.78, 5) is 20.0. The van der Waals surface area contributed by atoms with Gasteiger partial charge in [0.1, 0.15) is 0 Å². The fraction of sp³-hybridized carbons (Fsp3) is 0.375. The maximum absolute atomic E-state index is 12.2. The van der Waals surface area contributed by atoms with Crippen molar-refractivity contribution in [3.05, 3.63) is 30.6 Å². The minimum Gasteiger partial charge on any atom is -0.397 e. The van der Waals surface area contributed by atoms with E-state index in [1.54, 1.807) is 12.4 Å². The highest BCUT2D eigenvalue weighted by Crippen LogP contribution is 2.30. The van der Waals surface area contributed by atoms with Crippen molar-refractivity contribution < 1.29 is 4.79 Å². The Morgan fingerprint density at radius 2 is 1.95 bits per heavy atom. The summed E-state index contributed by atoms with van der Waals surface area (Å²) in [5, 5.41) is 1.96. The first-order valence-electron chi connectivity index (χ1n) is 7.19. The van der Waals surface area contributed by atoms with E-state index in [1.165, 1.54) is 0 Å². The van der Waals surface area contributed by atoms with Crippen molar-refractivity contribution in [2.45, 2.75) is 13.8 Å². The molecule has 0 saturated heterocycles. The van der Waals surface area contributed by atoms with Gasteiger partial charge >= 0.3 is 0 Å². The maximum atomic E-state index is 12.2. The van der Waals surface area contributed by atoms with Crippen molar-refractivity contribution in [1.82, 2.24) is 9.88 Å². The molecule has 2 rings (SSSR count). The molecule has 1 aromatic heterocycles. The molecule has 0 aliphatic heterocycles. The topological polar surface area (TPSA) is 62.5 Å². The largest absolute Gasteiger partial charge is 0.397 e. The van der Waals surface area contributed by atoms with Crippen LogP contribution in [0.2, 0.25) is 0 Å². The molecular weight excluding hydrogens is 264 g/mol. The van der Waals surface area contributed by atoms with Gasteiger partial charge in [0.25, 0.3) is 0 Å². The summed E-state index contributed by atoms with van der Waals surface area (Å²) in [5.74, 6) is 0.108. The number of rotatable bonds is 5. The first kappa shape index (κ1) is 15.1. The highest BCUT2D eigenvalue weighted by atomic mass is 16.2. The predicted molar refractivity (Wildman–Crippen MR) is 87.4 cm³/mol. The van der Waals surface area contributed by atoms with E-state index in [1.807, 2.05) is 48.9 Å². The van der Waals surface area contributed by atoms with Crippen LogP contribution in [-0.2, 0) is 4.79 Å². The molecule has 112 valence electrons. The normalized spacial score (nSPS) is 10.6. The molecule has 2 aromatic rings. The molecule has 21 heavy (non-hydrogen) atoms. The van der Waals surface area contributed by atoms with Crippen molar-refractivity contribution in [1.29, 1.82) is 0 Å². The smallest absolute Gasteiger partial charge is 0.242 e. The van der Waals surface area contributed by atoms with Gasteiger partial charge in [-0.3, -0.25) is 9.78 Å². The average Bonchev–Trinajstić information content (AvgIpc) is 2.49. The lowest BCUT2D eigenvalue weighted by atomic mass is 10.1. The van der Waals surface area contributed by atoms with Crippen LogP contribution in [0.4, 0.5) is 11.4 Å². The Kier molecular flexibility index (Phi) is 4.62. The minimum atomic E-state index is 0.108. The molecular formula is C16H22N4O. The van der Waals surface area contributed by atoms with E-state index in [0.717, 1.165) is 29.5 Å². The third kappa shape index (κ3) is 3.07. The third-order valence-electron chi connectivity index (χ3n) is 3.74. The minimum absolute atomic E-state index is 0.108. The third-order valence-corrected chi connectivity index (χ3v) is 3.74. The second-order valence-corrected chi connectivity index (χ2v) is 5.02. The Hall–Kier alpha value is -2.30. The number of likely N-dealkylation sites (N-methyl/N-ethyl adjacent to an activating group) is 2. The molecule has 0 atom stereocenters. The van der Waals surface area contributed by atoms with E-state index in [4.69, 9.17) is 5.73 Å². The van der Waals surface area contributed by atoms with Gasteiger partial charge in [0.15, 0.2) is 0 Å². The van der Waals surface area contributed by atoms with Gasteiger partial charge in [-0.05, 0) is 26.0 Å². The summed E-state index contributed by atoms with van der Waals surface area (Å²) < 4.78 is 0. The molecule has 0 unspecified atom stereocenters. The van der Waals surface area contributed by atoms with Gasteiger partial charge in [-0.1, -0.05) is 6.07 Å². The quantitative estimate of drug-likeness (QED) is 0.855. The molecule has 0 saturated carbocycles. The number of benzene rings is 1. The standard InChI is InChI=1S/C16H22N4O/c1-4-20(5-2)15(21)11-19(3)14-7-6-12-10-18-9-8-13(12)16(14)17/h6-10H,4-5,11,17H2,1-3H3. The van der Waals surface area contributed by atoms with Crippen molar-refractivity contribution >= 4 is 28.1 Å². The van der Waals surface area contributed by atoms with E-state index >= 15 is 0 Å². The van der Waals surface area contributed by atoms with Crippen LogP contribution in [0.1, 0.15) is 13.8 Å². The van der Waals surface area contributed by atoms with Crippen molar-refractivity contribution in [2.75, 3.05) is 37.3 Å². The summed E-state index contributed by atoms with van der Waals surface area (Å²) in [6, 6.07) is 5.81. The van der Waals surface area contributed by atoms with Crippen LogP contribution in [0.25, 0.3) is 10.8 Å². The van der Waals surface area contributed by atoms with Crippen LogP contribution in [0.15, 0.2) is 30.6 Å². The first-order valence-corrected chi connectivity index (χ1v) is 7.19. The number of carbonyl (C=O) groups is 1. The number of nitrogens with two attached hydrogens (primary N) is 1. The second-order valence-electron chi connectivity index (χ2n) is 5.02. The van der Waals surface area contributed by atoms with E-state index in [9.17, 15) is 4.79 Å². The van der Waals surface area contributed by atoms with Crippen LogP contribution in [0.5, 0.6) is 0 Å². The lowest BCUT2D eigenvalue weighted by molar-refractivity contribution is -0.129. The Morgan fingerprint density at radius 1 is 1.24 bits per heavy atom. The van der Waals surface area contributed by atoms with Crippen LogP contribution in [0.3, 0.4) is 0 Å². The average molecular weight is 286 g/mol. The van der Waals surface area contributed by atoms with Gasteiger partial charge in [-0.2, -0.15) is 0 Å². The fourth-order valence-corrected chi connectivity index (χ4v) is 2.48. The molecule has 0 radical (unpaired) electrons. The number of hydrogen-bond donors (Lipinski definition) is 1. The molecule has 0 bridgehead atoms. The van der Waals surface area contributed by atoms with Gasteiger partial charge in [-0.15, -0.1) is 0 Å². The van der Waals surface area contributed by atoms with Gasteiger partial charge < -0.3 is 15.5 Å². The monoisotopic (exact) mass is 286 g/mol. The molecule has 1 heterocycles. The highest BCUT2D eigenvalue weighted by Gasteiger charge is 2.15. The van der Waals surface area contributed by atoms with E-state index < -0.39 is 0 Å². The molecule has 1 amide bonds. The van der Waals surface area contributed by atoms with E-state index in [2.05, 4.69) is 4.98 Å². The summed E-state index contributed by atoms with van der Waals surface area (Å²) in [6.07, 6.45) is 3.51. The van der Waals surface area contributed by atoms with Gasteiger partial charge in [0, 0.05) is 43.3 Å². The molecule has 2 N–H and O–H groups in total. The molecule has 0 spiro atoms. The lowest BCUT2D eigenvalue weighted by Gasteiger charge is -2.25. The van der Waals surface area contributed by atoms with Crippen molar-refractivity contribution in [2.24, 2.45) is 0 Å². The number of pyridine rings is 1. The van der Waals surface area contributed by atoms with E-state index in [-0.39, 0.29) is 5.91 Å². The summed E-state index contributed by atoms with van der Waals surface area (Å²) in [7, 11) is 1.89. The Balaban J connectivity index is 2.25. The van der Waals surface area contributed by atoms with Crippen LogP contribution in [0, 0.1) is 0 Å². The van der Waals surface area contributed by atoms with Crippen LogP contribution >= 0.6 is 0 Å². The number of hydrogen-bond acceptors (Lipinski definition) is 4. The first-order chi connectivity index (χ1) is 10.1. The SMILES string of the molecule is CCN(CC)C(=O)CN(C)c1ccc2cnccc2c1N. The molecule has 0 aliphatic carbocycles. The zero-order valence-corrected chi connectivity index (χ0v) is 12.8. The summed E-state index contributed by atoms with van der Waals surface area (Å²) in [5.41, 5.74) is 7.80. The number of carbonyl (C=O) groups excluding carboxylic acids is 1. The Morgan fingerprint density at radius 3 is 2.62 bits per heavy atom. The number of fused-ring (bicyclic) bond motifs is 1. The number of aromatic nitrogens is 1. The van der Waals surface area contributed by atoms with Gasteiger partial charge in [0.05, 0.1) is 17.9 Å². The molecule has 5 heteroatoms. The van der Waals surface area contributed by atoms with Crippen molar-refractivity contribution in [3.8, 4) is 0 Å². The predicted octanol–water partition coefficient (Wildman–Crippen LogP) is 2.12. The zero-order valence-electron chi connectivity index (χ0n) is 12.8. The zero-order chi connectivity index (χ0) is 15.4. The number of nitrogen functional groups attached to an aromatic ring is 1. The lowest BCUT2D eigenvalue weighted by Crippen LogP contribution is -2.39. The van der Waals surface area contributed by atoms with Crippen LogP contribution < -0.4 is 10.6 Å². The number of amides is 1. The second kappa shape index (κ2) is 6.43. The molecule has 0 aliphatic rings. The number of anilines is 2. The van der Waals surface area contributed by atoms with Crippen molar-refractivity contribution in [3.63, 3.8) is 0 Å².